The molecule has 0 aliphatic heterocycles. The highest BCUT2D eigenvalue weighted by Crippen LogP contribution is 2.27. The summed E-state index contributed by atoms with van der Waals surface area (Å²) in [6, 6.07) is 11.5. The van der Waals surface area contributed by atoms with E-state index >= 15 is 0 Å². The number of ether oxygens (including phenoxy) is 1. The Labute approximate surface area is 155 Å². The first-order valence-corrected chi connectivity index (χ1v) is 10.6. The Morgan fingerprint density at radius 2 is 1.88 bits per heavy atom. The lowest BCUT2D eigenvalue weighted by molar-refractivity contribution is 0.0997. The van der Waals surface area contributed by atoms with Crippen LogP contribution < -0.4 is 9.54 Å². The lowest BCUT2D eigenvalue weighted by atomic mass is 10.2. The number of hydrogen-bond acceptors (Lipinski definition) is 5. The molecule has 1 heterocycles. The van der Waals surface area contributed by atoms with Gasteiger partial charge in [0.1, 0.15) is 11.3 Å². The van der Waals surface area contributed by atoms with Crippen molar-refractivity contribution in [1.82, 2.24) is 4.57 Å². The first kappa shape index (κ1) is 18.3. The van der Waals surface area contributed by atoms with Gasteiger partial charge < -0.3 is 9.30 Å². The minimum atomic E-state index is -3.30. The summed E-state index contributed by atoms with van der Waals surface area (Å²) < 4.78 is 31.4. The van der Waals surface area contributed by atoms with Crippen LogP contribution in [0.4, 0.5) is 0 Å². The monoisotopic (exact) mass is 390 g/mol. The Balaban J connectivity index is 2.08. The van der Waals surface area contributed by atoms with E-state index in [-0.39, 0.29) is 4.90 Å². The normalized spacial score (nSPS) is 12.5. The Morgan fingerprint density at radius 3 is 2.46 bits per heavy atom. The van der Waals surface area contributed by atoms with Crippen molar-refractivity contribution < 1.29 is 17.9 Å². The van der Waals surface area contributed by atoms with E-state index in [0.717, 1.165) is 22.2 Å². The number of aromatic nitrogens is 1. The number of para-hydroxylation sites is 1. The number of sulfone groups is 1. The molecule has 8 heteroatoms. The zero-order valence-electron chi connectivity index (χ0n) is 14.6. The summed E-state index contributed by atoms with van der Waals surface area (Å²) in [6.45, 7) is 2.61. The number of aryl methyl sites for hydroxylation is 1. The lowest BCUT2D eigenvalue weighted by Crippen LogP contribution is -2.16. The van der Waals surface area contributed by atoms with Gasteiger partial charge in [-0.2, -0.15) is 4.99 Å². The summed E-state index contributed by atoms with van der Waals surface area (Å²) in [4.78, 5) is 17.5. The van der Waals surface area contributed by atoms with Crippen LogP contribution in [0.3, 0.4) is 0 Å². The van der Waals surface area contributed by atoms with Crippen molar-refractivity contribution >= 4 is 37.3 Å². The zero-order valence-corrected chi connectivity index (χ0v) is 16.2. The van der Waals surface area contributed by atoms with Gasteiger partial charge in [-0.3, -0.25) is 4.79 Å². The van der Waals surface area contributed by atoms with E-state index in [2.05, 4.69) is 4.99 Å². The quantitative estimate of drug-likeness (QED) is 0.686. The largest absolute Gasteiger partial charge is 0.495 e. The van der Waals surface area contributed by atoms with Gasteiger partial charge in [0, 0.05) is 18.4 Å². The van der Waals surface area contributed by atoms with Crippen LogP contribution in [-0.4, -0.2) is 32.3 Å². The molecule has 0 atom stereocenters. The molecule has 0 aliphatic carbocycles. The number of nitrogens with zero attached hydrogens (tertiary/aromatic N) is 2. The van der Waals surface area contributed by atoms with Gasteiger partial charge in [-0.15, -0.1) is 0 Å². The van der Waals surface area contributed by atoms with Crippen molar-refractivity contribution in [2.24, 2.45) is 4.99 Å². The van der Waals surface area contributed by atoms with Crippen molar-refractivity contribution in [2.45, 2.75) is 18.4 Å². The van der Waals surface area contributed by atoms with Gasteiger partial charge >= 0.3 is 0 Å². The Hall–Kier alpha value is -2.45. The van der Waals surface area contributed by atoms with Crippen LogP contribution in [0.2, 0.25) is 0 Å². The van der Waals surface area contributed by atoms with Crippen molar-refractivity contribution in [3.8, 4) is 5.75 Å². The molecule has 3 rings (SSSR count). The summed E-state index contributed by atoms with van der Waals surface area (Å²) in [5, 5.41) is 0. The van der Waals surface area contributed by atoms with Crippen molar-refractivity contribution in [2.75, 3.05) is 13.4 Å². The smallest absolute Gasteiger partial charge is 0.279 e. The van der Waals surface area contributed by atoms with Crippen LogP contribution in [0.25, 0.3) is 10.2 Å². The fourth-order valence-electron chi connectivity index (χ4n) is 2.64. The minimum Gasteiger partial charge on any atom is -0.495 e. The van der Waals surface area contributed by atoms with Crippen LogP contribution in [-0.2, 0) is 16.4 Å². The van der Waals surface area contributed by atoms with Gasteiger partial charge in [-0.1, -0.05) is 17.4 Å². The zero-order chi connectivity index (χ0) is 18.9. The molecule has 0 spiro atoms. The van der Waals surface area contributed by atoms with E-state index < -0.39 is 15.7 Å². The minimum absolute atomic E-state index is 0.171. The standard InChI is InChI=1S/C18H18N2O4S2/c1-4-20-16-14(24-2)6-5-7-15(16)25-18(20)19-17(21)12-8-10-13(11-9-12)26(3,22)23/h5-11H,4H2,1-3H3. The topological polar surface area (TPSA) is 77.7 Å². The van der Waals surface area contributed by atoms with Crippen LogP contribution in [0.15, 0.2) is 52.4 Å². The molecule has 1 aromatic heterocycles. The molecular weight excluding hydrogens is 372 g/mol. The predicted octanol–water partition coefficient (Wildman–Crippen LogP) is 2.88. The molecule has 3 aromatic rings. The number of fused-ring (bicyclic) bond motifs is 1. The summed E-state index contributed by atoms with van der Waals surface area (Å²) >= 11 is 1.41. The number of methoxy groups -OCH3 is 1. The van der Waals surface area contributed by atoms with Crippen molar-refractivity contribution in [3.05, 3.63) is 52.8 Å². The van der Waals surface area contributed by atoms with Crippen molar-refractivity contribution in [1.29, 1.82) is 0 Å². The fourth-order valence-corrected chi connectivity index (χ4v) is 4.38. The molecule has 0 N–H and O–H groups in total. The highest BCUT2D eigenvalue weighted by atomic mass is 32.2. The molecule has 0 bridgehead atoms. The van der Waals surface area contributed by atoms with E-state index in [9.17, 15) is 13.2 Å². The molecule has 0 saturated heterocycles. The van der Waals surface area contributed by atoms with E-state index in [1.807, 2.05) is 29.7 Å². The number of carbonyl (C=O) groups excluding carboxylic acids is 1. The molecule has 0 fully saturated rings. The van der Waals surface area contributed by atoms with E-state index in [4.69, 9.17) is 4.74 Å². The second-order valence-corrected chi connectivity index (χ2v) is 8.67. The van der Waals surface area contributed by atoms with Crippen LogP contribution in [0, 0.1) is 0 Å². The molecule has 0 radical (unpaired) electrons. The molecule has 0 aliphatic rings. The third kappa shape index (κ3) is 3.42. The molecule has 1 amide bonds. The van der Waals surface area contributed by atoms with Gasteiger partial charge in [-0.05, 0) is 43.3 Å². The number of hydrogen-bond donors (Lipinski definition) is 0. The first-order valence-electron chi connectivity index (χ1n) is 7.90. The molecule has 0 saturated carbocycles. The predicted molar refractivity (Wildman–Crippen MR) is 101 cm³/mol. The average molecular weight is 390 g/mol. The lowest BCUT2D eigenvalue weighted by Gasteiger charge is -2.05. The maximum Gasteiger partial charge on any atom is 0.279 e. The fraction of sp³-hybridized carbons (Fsp3) is 0.222. The Morgan fingerprint density at radius 1 is 1.19 bits per heavy atom. The third-order valence-corrected chi connectivity index (χ3v) is 6.10. The van der Waals surface area contributed by atoms with E-state index in [1.165, 1.54) is 35.6 Å². The maximum absolute atomic E-state index is 12.5. The number of rotatable bonds is 4. The van der Waals surface area contributed by atoms with E-state index in [0.29, 0.717) is 16.9 Å². The molecule has 0 unspecified atom stereocenters. The van der Waals surface area contributed by atoms with Gasteiger partial charge in [-0.25, -0.2) is 8.42 Å². The molecule has 136 valence electrons. The summed E-state index contributed by atoms with van der Waals surface area (Å²) in [5.41, 5.74) is 1.24. The Bertz CT molecular complexity index is 1140. The van der Waals surface area contributed by atoms with Gasteiger partial charge in [0.05, 0.1) is 16.7 Å². The van der Waals surface area contributed by atoms with Gasteiger partial charge in [0.15, 0.2) is 14.6 Å². The number of thiazole rings is 1. The third-order valence-electron chi connectivity index (χ3n) is 3.93. The molecular formula is C18H18N2O4S2. The SMILES string of the molecule is CCn1c(=NC(=O)c2ccc(S(C)(=O)=O)cc2)sc2cccc(OC)c21. The summed E-state index contributed by atoms with van der Waals surface area (Å²) in [7, 11) is -1.69. The maximum atomic E-state index is 12.5. The summed E-state index contributed by atoms with van der Waals surface area (Å²) in [5.74, 6) is 0.310. The molecule has 2 aromatic carbocycles. The summed E-state index contributed by atoms with van der Waals surface area (Å²) in [6.07, 6.45) is 1.13. The highest BCUT2D eigenvalue weighted by molar-refractivity contribution is 7.90. The average Bonchev–Trinajstić information content (AvgIpc) is 2.98. The van der Waals surface area contributed by atoms with Crippen LogP contribution >= 0.6 is 11.3 Å². The first-order chi connectivity index (χ1) is 12.3. The van der Waals surface area contributed by atoms with Gasteiger partial charge in [0.2, 0.25) is 0 Å². The highest BCUT2D eigenvalue weighted by Gasteiger charge is 2.13. The van der Waals surface area contributed by atoms with Crippen molar-refractivity contribution in [3.63, 3.8) is 0 Å². The molecule has 26 heavy (non-hydrogen) atoms. The van der Waals surface area contributed by atoms with E-state index in [1.54, 1.807) is 7.11 Å². The second kappa shape index (κ2) is 7.05. The molecule has 6 nitrogen and oxygen atoms in total. The Kier molecular flexibility index (Phi) is 4.97. The second-order valence-electron chi connectivity index (χ2n) is 5.65. The number of amides is 1. The van der Waals surface area contributed by atoms with Crippen LogP contribution in [0.1, 0.15) is 17.3 Å². The number of benzene rings is 2. The van der Waals surface area contributed by atoms with Gasteiger partial charge in [0.25, 0.3) is 5.91 Å². The number of carbonyl (C=O) groups is 1. The van der Waals surface area contributed by atoms with Crippen LogP contribution in [0.5, 0.6) is 5.75 Å².